The van der Waals surface area contributed by atoms with Crippen molar-refractivity contribution in [3.05, 3.63) is 89.2 Å². The van der Waals surface area contributed by atoms with Crippen molar-refractivity contribution in [1.82, 2.24) is 15.2 Å². The summed E-state index contributed by atoms with van der Waals surface area (Å²) in [5.74, 6) is 0.734. The number of carbonyl (C=O) groups excluding carboxylic acids is 1. The van der Waals surface area contributed by atoms with E-state index in [1.165, 1.54) is 5.69 Å². The van der Waals surface area contributed by atoms with Crippen LogP contribution in [0.3, 0.4) is 0 Å². The van der Waals surface area contributed by atoms with Crippen LogP contribution in [0.25, 0.3) is 0 Å². The standard InChI is InChI=1S/C25H27ClN4O2/c1-32-23-9-7-22(8-10-23)29-12-14-30(15-13-29)24(20-5-3-11-27-17-20)18-28-25(31)19-4-2-6-21(26)16-19/h2-11,16-17,24H,12-15,18H2,1H3,(H,28,31)/t24-/m1/s1. The van der Waals surface area contributed by atoms with E-state index in [-0.39, 0.29) is 11.9 Å². The van der Waals surface area contributed by atoms with Crippen LogP contribution in [0.15, 0.2) is 73.1 Å². The minimum Gasteiger partial charge on any atom is -0.497 e. The lowest BCUT2D eigenvalue weighted by Crippen LogP contribution is -2.50. The summed E-state index contributed by atoms with van der Waals surface area (Å²) in [6, 6.07) is 19.2. The van der Waals surface area contributed by atoms with E-state index in [0.717, 1.165) is 37.5 Å². The van der Waals surface area contributed by atoms with Crippen molar-refractivity contribution in [2.24, 2.45) is 0 Å². The van der Waals surface area contributed by atoms with Crippen LogP contribution in [-0.2, 0) is 0 Å². The Labute approximate surface area is 193 Å². The fourth-order valence-electron chi connectivity index (χ4n) is 4.04. The van der Waals surface area contributed by atoms with Crippen LogP contribution >= 0.6 is 11.6 Å². The van der Waals surface area contributed by atoms with Crippen LogP contribution in [-0.4, -0.2) is 55.6 Å². The molecule has 1 aromatic heterocycles. The average molecular weight is 451 g/mol. The molecule has 1 saturated heterocycles. The van der Waals surface area contributed by atoms with E-state index in [9.17, 15) is 4.79 Å². The highest BCUT2D eigenvalue weighted by molar-refractivity contribution is 6.30. The molecule has 32 heavy (non-hydrogen) atoms. The first-order chi connectivity index (χ1) is 15.6. The molecule has 7 heteroatoms. The van der Waals surface area contributed by atoms with Gasteiger partial charge in [0.05, 0.1) is 13.2 Å². The summed E-state index contributed by atoms with van der Waals surface area (Å²) in [4.78, 5) is 21.8. The molecular weight excluding hydrogens is 424 g/mol. The van der Waals surface area contributed by atoms with Crippen LogP contribution < -0.4 is 15.0 Å². The minimum absolute atomic E-state index is 0.0462. The lowest BCUT2D eigenvalue weighted by atomic mass is 10.1. The predicted octanol–water partition coefficient (Wildman–Crippen LogP) is 4.04. The molecule has 166 valence electrons. The van der Waals surface area contributed by atoms with Crippen molar-refractivity contribution in [3.8, 4) is 5.75 Å². The SMILES string of the molecule is COc1ccc(N2CCN([C@H](CNC(=O)c3cccc(Cl)c3)c3cccnc3)CC2)cc1. The Morgan fingerprint density at radius 2 is 1.88 bits per heavy atom. The molecule has 1 fully saturated rings. The third kappa shape index (κ3) is 5.39. The molecule has 1 aliphatic rings. The topological polar surface area (TPSA) is 57.7 Å². The van der Waals surface area contributed by atoms with Gasteiger partial charge in [0, 0.05) is 61.4 Å². The van der Waals surface area contributed by atoms with E-state index < -0.39 is 0 Å². The summed E-state index contributed by atoms with van der Waals surface area (Å²) in [5, 5.41) is 3.64. The number of nitrogens with one attached hydrogen (secondary N) is 1. The Bertz CT molecular complexity index is 1020. The largest absolute Gasteiger partial charge is 0.497 e. The first-order valence-corrected chi connectivity index (χ1v) is 11.1. The molecule has 1 atom stereocenters. The Kier molecular flexibility index (Phi) is 7.24. The third-order valence-electron chi connectivity index (χ3n) is 5.80. The summed E-state index contributed by atoms with van der Waals surface area (Å²) in [5.41, 5.74) is 2.85. The molecule has 2 aromatic carbocycles. The summed E-state index contributed by atoms with van der Waals surface area (Å²) < 4.78 is 5.26. The molecule has 1 amide bonds. The summed E-state index contributed by atoms with van der Waals surface area (Å²) in [6.45, 7) is 4.09. The Morgan fingerprint density at radius 3 is 2.53 bits per heavy atom. The van der Waals surface area contributed by atoms with Crippen molar-refractivity contribution >= 4 is 23.2 Å². The van der Waals surface area contributed by atoms with Gasteiger partial charge in [0.15, 0.2) is 0 Å². The van der Waals surface area contributed by atoms with Crippen LogP contribution in [0.4, 0.5) is 5.69 Å². The molecule has 2 heterocycles. The molecule has 3 aromatic rings. The van der Waals surface area contributed by atoms with Gasteiger partial charge in [0.2, 0.25) is 0 Å². The van der Waals surface area contributed by atoms with E-state index in [2.05, 4.69) is 38.3 Å². The van der Waals surface area contributed by atoms with E-state index in [1.54, 1.807) is 37.6 Å². The molecule has 0 saturated carbocycles. The zero-order valence-corrected chi connectivity index (χ0v) is 18.8. The van der Waals surface area contributed by atoms with E-state index in [1.807, 2.05) is 24.4 Å². The fraction of sp³-hybridized carbons (Fsp3) is 0.280. The van der Waals surface area contributed by atoms with E-state index >= 15 is 0 Å². The number of methoxy groups -OCH3 is 1. The molecule has 0 spiro atoms. The second-order valence-corrected chi connectivity index (χ2v) is 8.18. The monoisotopic (exact) mass is 450 g/mol. The van der Waals surface area contributed by atoms with E-state index in [4.69, 9.17) is 16.3 Å². The van der Waals surface area contributed by atoms with Gasteiger partial charge < -0.3 is 15.0 Å². The van der Waals surface area contributed by atoms with Gasteiger partial charge in [-0.25, -0.2) is 0 Å². The van der Waals surface area contributed by atoms with Crippen molar-refractivity contribution in [2.75, 3.05) is 44.7 Å². The number of halogens is 1. The lowest BCUT2D eigenvalue weighted by Gasteiger charge is -2.40. The maximum absolute atomic E-state index is 12.7. The second-order valence-electron chi connectivity index (χ2n) is 7.74. The van der Waals surface area contributed by atoms with Gasteiger partial charge in [-0.1, -0.05) is 23.7 Å². The van der Waals surface area contributed by atoms with Crippen molar-refractivity contribution in [2.45, 2.75) is 6.04 Å². The number of ether oxygens (including phenoxy) is 1. The number of pyridine rings is 1. The second kappa shape index (κ2) is 10.5. The maximum Gasteiger partial charge on any atom is 0.251 e. The summed E-state index contributed by atoms with van der Waals surface area (Å²) >= 11 is 6.04. The smallest absolute Gasteiger partial charge is 0.251 e. The van der Waals surface area contributed by atoms with E-state index in [0.29, 0.717) is 17.1 Å². The zero-order chi connectivity index (χ0) is 22.3. The first-order valence-electron chi connectivity index (χ1n) is 10.7. The van der Waals surface area contributed by atoms with Crippen molar-refractivity contribution < 1.29 is 9.53 Å². The number of hydrogen-bond donors (Lipinski definition) is 1. The number of aromatic nitrogens is 1. The highest BCUT2D eigenvalue weighted by Gasteiger charge is 2.26. The number of rotatable bonds is 7. The highest BCUT2D eigenvalue weighted by atomic mass is 35.5. The lowest BCUT2D eigenvalue weighted by molar-refractivity contribution is 0.0930. The number of hydrogen-bond acceptors (Lipinski definition) is 5. The zero-order valence-electron chi connectivity index (χ0n) is 18.1. The molecule has 4 rings (SSSR count). The number of anilines is 1. The quantitative estimate of drug-likeness (QED) is 0.588. The Morgan fingerprint density at radius 1 is 1.09 bits per heavy atom. The van der Waals surface area contributed by atoms with Crippen molar-refractivity contribution in [1.29, 1.82) is 0 Å². The van der Waals surface area contributed by atoms with Gasteiger partial charge in [0.25, 0.3) is 5.91 Å². The van der Waals surface area contributed by atoms with Gasteiger partial charge in [-0.15, -0.1) is 0 Å². The molecule has 0 radical (unpaired) electrons. The molecule has 1 aliphatic heterocycles. The Hall–Kier alpha value is -3.09. The van der Waals surface area contributed by atoms with Crippen LogP contribution in [0.2, 0.25) is 5.02 Å². The summed E-state index contributed by atoms with van der Waals surface area (Å²) in [6.07, 6.45) is 3.65. The molecule has 0 unspecified atom stereocenters. The minimum atomic E-state index is -0.127. The van der Waals surface area contributed by atoms with Crippen LogP contribution in [0.5, 0.6) is 5.75 Å². The number of benzene rings is 2. The fourth-order valence-corrected chi connectivity index (χ4v) is 4.23. The average Bonchev–Trinajstić information content (AvgIpc) is 2.85. The van der Waals surface area contributed by atoms with Gasteiger partial charge in [0.1, 0.15) is 5.75 Å². The number of piperazine rings is 1. The molecule has 0 bridgehead atoms. The third-order valence-corrected chi connectivity index (χ3v) is 6.04. The molecule has 6 nitrogen and oxygen atoms in total. The van der Waals surface area contributed by atoms with Gasteiger partial charge in [-0.2, -0.15) is 0 Å². The van der Waals surface area contributed by atoms with Crippen LogP contribution in [0.1, 0.15) is 22.0 Å². The predicted molar refractivity (Wildman–Crippen MR) is 128 cm³/mol. The number of nitrogens with zero attached hydrogens (tertiary/aromatic N) is 3. The normalized spacial score (nSPS) is 15.2. The summed E-state index contributed by atoms with van der Waals surface area (Å²) in [7, 11) is 1.68. The number of carbonyl (C=O) groups is 1. The number of amides is 1. The highest BCUT2D eigenvalue weighted by Crippen LogP contribution is 2.25. The molecular formula is C25H27ClN4O2. The molecule has 1 N–H and O–H groups in total. The Balaban J connectivity index is 1.42. The van der Waals surface area contributed by atoms with Gasteiger partial charge in [-0.05, 0) is 54.1 Å². The van der Waals surface area contributed by atoms with Crippen molar-refractivity contribution in [3.63, 3.8) is 0 Å². The first kappa shape index (κ1) is 22.1. The van der Waals surface area contributed by atoms with Gasteiger partial charge >= 0.3 is 0 Å². The van der Waals surface area contributed by atoms with Gasteiger partial charge in [-0.3, -0.25) is 14.7 Å². The van der Waals surface area contributed by atoms with Crippen LogP contribution in [0, 0.1) is 0 Å². The molecule has 0 aliphatic carbocycles. The maximum atomic E-state index is 12.7.